The lowest BCUT2D eigenvalue weighted by Crippen LogP contribution is -2.55. The molecule has 324 valence electrons. The predicted octanol–water partition coefficient (Wildman–Crippen LogP) is 4.75. The first-order valence-electron chi connectivity index (χ1n) is 21.7. The molecular weight excluding hydrogens is 791 g/mol. The van der Waals surface area contributed by atoms with Crippen LogP contribution in [0.5, 0.6) is 5.75 Å². The van der Waals surface area contributed by atoms with E-state index in [4.69, 9.17) is 14.2 Å². The summed E-state index contributed by atoms with van der Waals surface area (Å²) < 4.78 is 19.7. The highest BCUT2D eigenvalue weighted by molar-refractivity contribution is 6.91. The van der Waals surface area contributed by atoms with Gasteiger partial charge in [-0.1, -0.05) is 60.7 Å². The van der Waals surface area contributed by atoms with Crippen molar-refractivity contribution in [2.24, 2.45) is 5.92 Å². The van der Waals surface area contributed by atoms with E-state index >= 15 is 4.79 Å². The number of para-hydroxylation sites is 1. The number of methoxy groups -OCH3 is 2. The third kappa shape index (κ3) is 7.53. The van der Waals surface area contributed by atoms with Crippen molar-refractivity contribution in [2.45, 2.75) is 94.3 Å². The first-order valence-corrected chi connectivity index (χ1v) is 24.8. The molecule has 0 unspecified atom stereocenters. The summed E-state index contributed by atoms with van der Waals surface area (Å²) in [6.45, 7) is 9.68. The molecule has 4 aliphatic heterocycles. The second-order valence-electron chi connectivity index (χ2n) is 17.5. The molecule has 15 heteroatoms. The van der Waals surface area contributed by atoms with E-state index < -0.39 is 19.2 Å². The SMILES string of the molecule is COC(=O)CCCCN1C(=O)[C@@]2(O[C@@H](CCn3cc(CCO)nn3)[C@H]([Si](C)(C)c3ccc(OC)cc3)[C@H]2C)c2cc(N3CN(c4ccccc4)C4(CCNCC4)C3=O)ccc21. The van der Waals surface area contributed by atoms with E-state index in [2.05, 4.69) is 70.9 Å². The first-order chi connectivity index (χ1) is 29.5. The van der Waals surface area contributed by atoms with Gasteiger partial charge in [-0.3, -0.25) is 24.0 Å². The Bertz CT molecular complexity index is 2210. The summed E-state index contributed by atoms with van der Waals surface area (Å²) in [7, 11) is 0.606. The molecule has 1 aromatic heterocycles. The molecule has 4 aromatic rings. The van der Waals surface area contributed by atoms with Crippen LogP contribution in [0.25, 0.3) is 0 Å². The maximum atomic E-state index is 15.5. The van der Waals surface area contributed by atoms with Crippen LogP contribution >= 0.6 is 0 Å². The number of carbonyl (C=O) groups excluding carboxylic acids is 3. The van der Waals surface area contributed by atoms with Crippen molar-refractivity contribution in [1.82, 2.24) is 20.3 Å². The predicted molar refractivity (Wildman–Crippen MR) is 236 cm³/mol. The lowest BCUT2D eigenvalue weighted by Gasteiger charge is -2.39. The van der Waals surface area contributed by atoms with E-state index in [-0.39, 0.29) is 48.4 Å². The van der Waals surface area contributed by atoms with Crippen LogP contribution < -0.4 is 29.9 Å². The van der Waals surface area contributed by atoms with Gasteiger partial charge in [0, 0.05) is 61.6 Å². The molecule has 4 atom stereocenters. The normalized spacial score (nSPS) is 23.4. The number of rotatable bonds is 15. The van der Waals surface area contributed by atoms with Crippen LogP contribution in [0.1, 0.15) is 56.7 Å². The second kappa shape index (κ2) is 17.3. The molecule has 0 aliphatic carbocycles. The quantitative estimate of drug-likeness (QED) is 0.0970. The number of aliphatic hydroxyl groups is 1. The van der Waals surface area contributed by atoms with Crippen molar-refractivity contribution in [3.05, 3.63) is 90.3 Å². The number of hydrogen-bond donors (Lipinski definition) is 2. The average molecular weight is 850 g/mol. The van der Waals surface area contributed by atoms with Crippen LogP contribution in [0.3, 0.4) is 0 Å². The standard InChI is InChI=1S/C46H59N7O7Si/c1-32-42(61(4,5)37-17-15-36(58-2)16-18-37)40(20-27-50-30-33(21-28-54)48-49-50)60-46(32)38-29-35(14-19-39(38)51(44(46)57)26-10-9-13-41(55)59-3)52-31-53(34-11-7-6-8-12-34)45(43(52)56)22-24-47-25-23-45/h6-8,11-12,14-19,29-30,32,40,42,47,54H,9-10,13,20-28,31H2,1-5H3/t32-,40+,42-,46+/m1/s1. The number of esters is 1. The van der Waals surface area contributed by atoms with E-state index in [9.17, 15) is 14.7 Å². The number of unbranched alkanes of at least 4 members (excludes halogenated alkanes) is 1. The van der Waals surface area contributed by atoms with E-state index in [1.54, 1.807) is 11.8 Å². The monoisotopic (exact) mass is 849 g/mol. The fraction of sp³-hybridized carbons (Fsp3) is 0.500. The van der Waals surface area contributed by atoms with Gasteiger partial charge < -0.3 is 34.4 Å². The van der Waals surface area contributed by atoms with Crippen LogP contribution in [-0.4, -0.2) is 105 Å². The van der Waals surface area contributed by atoms with Crippen molar-refractivity contribution < 1.29 is 33.7 Å². The van der Waals surface area contributed by atoms with Gasteiger partial charge in [0.2, 0.25) is 0 Å². The van der Waals surface area contributed by atoms with Crippen LogP contribution in [0.4, 0.5) is 17.1 Å². The molecule has 0 bridgehead atoms. The topological polar surface area (TPSA) is 152 Å². The molecule has 3 fully saturated rings. The number of hydrogen-bond acceptors (Lipinski definition) is 11. The molecule has 3 saturated heterocycles. The molecule has 3 aromatic carbocycles. The van der Waals surface area contributed by atoms with Crippen LogP contribution in [-0.2, 0) is 42.4 Å². The molecule has 2 spiro atoms. The molecule has 2 N–H and O–H groups in total. The molecule has 61 heavy (non-hydrogen) atoms. The largest absolute Gasteiger partial charge is 0.497 e. The van der Waals surface area contributed by atoms with Crippen molar-refractivity contribution in [3.63, 3.8) is 0 Å². The number of piperidine rings is 1. The van der Waals surface area contributed by atoms with E-state index in [0.29, 0.717) is 64.0 Å². The first kappa shape index (κ1) is 42.6. The molecule has 5 heterocycles. The summed E-state index contributed by atoms with van der Waals surface area (Å²) in [6.07, 6.45) is 5.35. The minimum atomic E-state index is -2.45. The van der Waals surface area contributed by atoms with Crippen molar-refractivity contribution in [2.75, 3.05) is 61.8 Å². The van der Waals surface area contributed by atoms with Gasteiger partial charge in [0.25, 0.3) is 11.8 Å². The zero-order valence-electron chi connectivity index (χ0n) is 36.0. The van der Waals surface area contributed by atoms with E-state index in [1.165, 1.54) is 12.3 Å². The van der Waals surface area contributed by atoms with Crippen LogP contribution in [0, 0.1) is 5.92 Å². The number of aliphatic hydroxyl groups excluding tert-OH is 1. The number of nitrogens with one attached hydrogen (secondary N) is 1. The number of anilines is 3. The second-order valence-corrected chi connectivity index (χ2v) is 22.2. The highest BCUT2D eigenvalue weighted by atomic mass is 28.3. The number of fused-ring (bicyclic) bond motifs is 2. The minimum absolute atomic E-state index is 0.0115. The van der Waals surface area contributed by atoms with Crippen molar-refractivity contribution in [3.8, 4) is 5.75 Å². The summed E-state index contributed by atoms with van der Waals surface area (Å²) in [5, 5.41) is 22.8. The van der Waals surface area contributed by atoms with Crippen LogP contribution in [0.2, 0.25) is 18.6 Å². The zero-order chi connectivity index (χ0) is 42.9. The molecule has 2 amide bonds. The van der Waals surface area contributed by atoms with Gasteiger partial charge in [-0.25, -0.2) is 0 Å². The Labute approximate surface area is 359 Å². The Morgan fingerprint density at radius 1 is 0.967 bits per heavy atom. The summed E-state index contributed by atoms with van der Waals surface area (Å²) in [6, 6.07) is 24.5. The summed E-state index contributed by atoms with van der Waals surface area (Å²) in [4.78, 5) is 48.5. The van der Waals surface area contributed by atoms with Crippen LogP contribution in [0.15, 0.2) is 79.0 Å². The van der Waals surface area contributed by atoms with Crippen molar-refractivity contribution >= 4 is 48.1 Å². The van der Waals surface area contributed by atoms with Gasteiger partial charge in [-0.15, -0.1) is 5.10 Å². The maximum absolute atomic E-state index is 15.5. The molecule has 8 rings (SSSR count). The van der Waals surface area contributed by atoms with Gasteiger partial charge in [-0.2, -0.15) is 0 Å². The summed E-state index contributed by atoms with van der Waals surface area (Å²) in [5.74, 6) is 0.200. The highest BCUT2D eigenvalue weighted by Gasteiger charge is 2.66. The average Bonchev–Trinajstić information content (AvgIpc) is 4.00. The Morgan fingerprint density at radius 3 is 2.43 bits per heavy atom. The van der Waals surface area contributed by atoms with Gasteiger partial charge >= 0.3 is 5.97 Å². The lowest BCUT2D eigenvalue weighted by atomic mass is 9.82. The van der Waals surface area contributed by atoms with E-state index in [1.807, 2.05) is 58.5 Å². The molecule has 0 radical (unpaired) electrons. The van der Waals surface area contributed by atoms with E-state index in [0.717, 1.165) is 41.5 Å². The number of nitrogens with zero attached hydrogens (tertiary/aromatic N) is 6. The number of aryl methyl sites for hydroxylation is 1. The molecular formula is C46H59N7O7Si. The van der Waals surface area contributed by atoms with Gasteiger partial charge in [0.15, 0.2) is 5.60 Å². The summed E-state index contributed by atoms with van der Waals surface area (Å²) in [5.41, 5.74) is 1.97. The van der Waals surface area contributed by atoms with Gasteiger partial charge in [-0.05, 0) is 93.2 Å². The lowest BCUT2D eigenvalue weighted by molar-refractivity contribution is -0.146. The Morgan fingerprint density at radius 2 is 1.72 bits per heavy atom. The fourth-order valence-corrected chi connectivity index (χ4v) is 14.8. The van der Waals surface area contributed by atoms with Gasteiger partial charge in [0.1, 0.15) is 11.3 Å². The third-order valence-electron chi connectivity index (χ3n) is 13.9. The number of benzene rings is 3. The smallest absolute Gasteiger partial charge is 0.305 e. The number of amides is 2. The molecule has 0 saturated carbocycles. The fourth-order valence-electron chi connectivity index (χ4n) is 10.7. The molecule has 14 nitrogen and oxygen atoms in total. The number of aromatic nitrogens is 3. The third-order valence-corrected chi connectivity index (χ3v) is 18.3. The van der Waals surface area contributed by atoms with Crippen molar-refractivity contribution in [1.29, 1.82) is 0 Å². The summed E-state index contributed by atoms with van der Waals surface area (Å²) >= 11 is 0. The number of ether oxygens (including phenoxy) is 3. The minimum Gasteiger partial charge on any atom is -0.497 e. The zero-order valence-corrected chi connectivity index (χ0v) is 37.0. The number of carbonyl (C=O) groups is 3. The molecule has 4 aliphatic rings. The highest BCUT2D eigenvalue weighted by Crippen LogP contribution is 2.60. The Kier molecular flexibility index (Phi) is 12.1. The Hall–Kier alpha value is -5.09. The maximum Gasteiger partial charge on any atom is 0.305 e. The van der Waals surface area contributed by atoms with Gasteiger partial charge in [0.05, 0.1) is 46.4 Å². The Balaban J connectivity index is 1.21.